The number of aliphatic imine (C=N–C) groups is 1. The first kappa shape index (κ1) is 13.6. The molecule has 0 fully saturated rings. The van der Waals surface area contributed by atoms with E-state index in [0.29, 0.717) is 16.5 Å². The molecule has 8 heteroatoms. The van der Waals surface area contributed by atoms with Crippen molar-refractivity contribution in [1.29, 1.82) is 0 Å². The maximum absolute atomic E-state index is 11.0. The third-order valence-electron chi connectivity index (χ3n) is 3.31. The minimum atomic E-state index is -1.09. The van der Waals surface area contributed by atoms with Crippen LogP contribution in [0.3, 0.4) is 0 Å². The van der Waals surface area contributed by atoms with Gasteiger partial charge < -0.3 is 4.74 Å². The van der Waals surface area contributed by atoms with E-state index in [1.165, 1.54) is 19.2 Å². The maximum atomic E-state index is 11.0. The second kappa shape index (κ2) is 4.87. The number of rotatable bonds is 3. The topological polar surface area (TPSA) is 80.0 Å². The van der Waals surface area contributed by atoms with Crippen LogP contribution in [0.2, 0.25) is 0 Å². The van der Waals surface area contributed by atoms with Crippen LogP contribution in [0.5, 0.6) is 0 Å². The molecule has 1 aromatic rings. The van der Waals surface area contributed by atoms with Gasteiger partial charge in [0, 0.05) is 24.8 Å². The van der Waals surface area contributed by atoms with E-state index in [1.807, 2.05) is 0 Å². The largest absolute Gasteiger partial charge is 0.348 e. The average Bonchev–Trinajstić information content (AvgIpc) is 2.86. The van der Waals surface area contributed by atoms with E-state index >= 15 is 0 Å². The Hall–Kier alpha value is -2.38. The summed E-state index contributed by atoms with van der Waals surface area (Å²) in [5.74, 6) is 0.604. The SMILES string of the molecule is COC1(c2cccc([N+](=O)[O-])c2)C=NC2=CC=C(Cl)NN21. The summed E-state index contributed by atoms with van der Waals surface area (Å²) in [5.41, 5.74) is 2.40. The molecule has 0 aliphatic carbocycles. The van der Waals surface area contributed by atoms with Crippen LogP contribution in [0.25, 0.3) is 0 Å². The number of allylic oxidation sites excluding steroid dienone is 2. The molecule has 2 aliphatic rings. The van der Waals surface area contributed by atoms with Crippen LogP contribution in [0.15, 0.2) is 52.4 Å². The summed E-state index contributed by atoms with van der Waals surface area (Å²) >= 11 is 5.98. The van der Waals surface area contributed by atoms with Crippen molar-refractivity contribution in [1.82, 2.24) is 10.4 Å². The van der Waals surface area contributed by atoms with Crippen LogP contribution in [-0.2, 0) is 10.5 Å². The Morgan fingerprint density at radius 1 is 1.48 bits per heavy atom. The lowest BCUT2D eigenvalue weighted by molar-refractivity contribution is -0.385. The molecular formula is C13H11ClN4O3. The number of fused-ring (bicyclic) bond motifs is 1. The molecule has 0 amide bonds. The molecule has 1 N–H and O–H groups in total. The molecule has 0 spiro atoms. The Labute approximate surface area is 125 Å². The van der Waals surface area contributed by atoms with Crippen molar-refractivity contribution >= 4 is 23.5 Å². The Kier molecular flexibility index (Phi) is 3.15. The number of nitro groups is 1. The number of hydrazine groups is 1. The number of nitrogens with zero attached hydrogens (tertiary/aromatic N) is 3. The van der Waals surface area contributed by atoms with Crippen LogP contribution >= 0.6 is 11.6 Å². The predicted octanol–water partition coefficient (Wildman–Crippen LogP) is 2.22. The minimum Gasteiger partial charge on any atom is -0.348 e. The molecule has 0 aromatic heterocycles. The maximum Gasteiger partial charge on any atom is 0.269 e. The van der Waals surface area contributed by atoms with Gasteiger partial charge in [0.15, 0.2) is 0 Å². The van der Waals surface area contributed by atoms with Crippen LogP contribution < -0.4 is 5.43 Å². The number of halogens is 1. The predicted molar refractivity (Wildman–Crippen MR) is 77.3 cm³/mol. The van der Waals surface area contributed by atoms with Gasteiger partial charge in [0.25, 0.3) is 5.69 Å². The lowest BCUT2D eigenvalue weighted by Gasteiger charge is -2.38. The van der Waals surface area contributed by atoms with Gasteiger partial charge >= 0.3 is 0 Å². The van der Waals surface area contributed by atoms with Crippen LogP contribution in [0.4, 0.5) is 5.69 Å². The number of hydrogen-bond acceptors (Lipinski definition) is 6. The number of benzene rings is 1. The second-order valence-corrected chi connectivity index (χ2v) is 4.86. The molecule has 0 radical (unpaired) electrons. The number of nitro benzene ring substituents is 1. The van der Waals surface area contributed by atoms with Crippen molar-refractivity contribution in [2.45, 2.75) is 5.72 Å². The summed E-state index contributed by atoms with van der Waals surface area (Å²) in [4.78, 5) is 14.8. The summed E-state index contributed by atoms with van der Waals surface area (Å²) < 4.78 is 5.60. The van der Waals surface area contributed by atoms with E-state index in [4.69, 9.17) is 16.3 Å². The van der Waals surface area contributed by atoms with Crippen molar-refractivity contribution in [3.05, 3.63) is 63.1 Å². The van der Waals surface area contributed by atoms with Gasteiger partial charge in [-0.15, -0.1) is 0 Å². The minimum absolute atomic E-state index is 0.0200. The monoisotopic (exact) mass is 306 g/mol. The smallest absolute Gasteiger partial charge is 0.269 e. The zero-order chi connectivity index (χ0) is 15.0. The van der Waals surface area contributed by atoms with E-state index in [-0.39, 0.29) is 5.69 Å². The van der Waals surface area contributed by atoms with Gasteiger partial charge in [0.2, 0.25) is 5.72 Å². The molecule has 1 unspecified atom stereocenters. The van der Waals surface area contributed by atoms with Crippen molar-refractivity contribution in [2.75, 3.05) is 7.11 Å². The molecule has 2 aliphatic heterocycles. The highest BCUT2D eigenvalue weighted by atomic mass is 35.5. The summed E-state index contributed by atoms with van der Waals surface area (Å²) in [6.45, 7) is 0. The van der Waals surface area contributed by atoms with E-state index in [9.17, 15) is 10.1 Å². The number of ether oxygens (including phenoxy) is 1. The Bertz CT molecular complexity index is 700. The van der Waals surface area contributed by atoms with Gasteiger partial charge in [-0.1, -0.05) is 23.7 Å². The highest BCUT2D eigenvalue weighted by molar-refractivity contribution is 6.29. The van der Waals surface area contributed by atoms with Crippen LogP contribution in [-0.4, -0.2) is 23.3 Å². The molecule has 1 aromatic carbocycles. The Morgan fingerprint density at radius 2 is 2.29 bits per heavy atom. The van der Waals surface area contributed by atoms with Crippen LogP contribution in [0.1, 0.15) is 5.56 Å². The molecule has 0 saturated carbocycles. The zero-order valence-electron chi connectivity index (χ0n) is 11.0. The summed E-state index contributed by atoms with van der Waals surface area (Å²) in [7, 11) is 1.50. The lowest BCUT2D eigenvalue weighted by atomic mass is 10.0. The van der Waals surface area contributed by atoms with Crippen molar-refractivity contribution < 1.29 is 9.66 Å². The van der Waals surface area contributed by atoms with E-state index < -0.39 is 10.6 Å². The number of methoxy groups -OCH3 is 1. The fourth-order valence-corrected chi connectivity index (χ4v) is 2.44. The highest BCUT2D eigenvalue weighted by Gasteiger charge is 2.45. The zero-order valence-corrected chi connectivity index (χ0v) is 11.7. The van der Waals surface area contributed by atoms with Gasteiger partial charge in [-0.25, -0.2) is 10.0 Å². The first-order chi connectivity index (χ1) is 10.1. The molecule has 0 bridgehead atoms. The lowest BCUT2D eigenvalue weighted by Crippen LogP contribution is -2.51. The molecule has 2 heterocycles. The summed E-state index contributed by atoms with van der Waals surface area (Å²) in [6, 6.07) is 6.21. The van der Waals surface area contributed by atoms with Crippen molar-refractivity contribution in [3.63, 3.8) is 0 Å². The molecule has 3 rings (SSSR count). The van der Waals surface area contributed by atoms with Gasteiger partial charge in [-0.2, -0.15) is 0 Å². The first-order valence-electron chi connectivity index (χ1n) is 6.06. The molecule has 21 heavy (non-hydrogen) atoms. The molecule has 1 atom stereocenters. The van der Waals surface area contributed by atoms with Gasteiger partial charge in [0.1, 0.15) is 11.0 Å². The summed E-state index contributed by atoms with van der Waals surface area (Å²) in [6.07, 6.45) is 4.98. The van der Waals surface area contributed by atoms with Crippen LogP contribution in [0, 0.1) is 10.1 Å². The second-order valence-electron chi connectivity index (χ2n) is 4.45. The third-order valence-corrected chi connectivity index (χ3v) is 3.52. The first-order valence-corrected chi connectivity index (χ1v) is 6.44. The quantitative estimate of drug-likeness (QED) is 0.526. The normalized spacial score (nSPS) is 23.2. The average molecular weight is 307 g/mol. The van der Waals surface area contributed by atoms with Gasteiger partial charge in [0.05, 0.1) is 11.1 Å². The highest BCUT2D eigenvalue weighted by Crippen LogP contribution is 2.37. The molecule has 7 nitrogen and oxygen atoms in total. The number of non-ortho nitro benzene ring substituents is 1. The standard InChI is InChI=1S/C13H11ClN4O3/c1-21-13(9-3-2-4-10(7-9)18(19)20)8-15-12-6-5-11(14)16-17(12)13/h2-8,16H,1H3. The summed E-state index contributed by atoms with van der Waals surface area (Å²) in [5, 5.41) is 13.0. The third kappa shape index (κ3) is 2.07. The van der Waals surface area contributed by atoms with Crippen molar-refractivity contribution in [3.8, 4) is 0 Å². The Morgan fingerprint density at radius 3 is 3.00 bits per heavy atom. The van der Waals surface area contributed by atoms with Crippen molar-refractivity contribution in [2.24, 2.45) is 4.99 Å². The number of nitrogens with one attached hydrogen (secondary N) is 1. The number of hydrogen-bond donors (Lipinski definition) is 1. The van der Waals surface area contributed by atoms with Gasteiger partial charge in [-0.3, -0.25) is 15.5 Å². The molecule has 0 saturated heterocycles. The van der Waals surface area contributed by atoms with Gasteiger partial charge in [-0.05, 0) is 12.2 Å². The fourth-order valence-electron chi connectivity index (χ4n) is 2.30. The molecular weight excluding hydrogens is 296 g/mol. The Balaban J connectivity index is 2.08. The van der Waals surface area contributed by atoms with E-state index in [1.54, 1.807) is 35.5 Å². The van der Waals surface area contributed by atoms with E-state index in [0.717, 1.165) is 0 Å². The van der Waals surface area contributed by atoms with E-state index in [2.05, 4.69) is 10.4 Å². The fraction of sp³-hybridized carbons (Fsp3) is 0.154. The molecule has 108 valence electrons.